The highest BCUT2D eigenvalue weighted by Gasteiger charge is 2.53. The summed E-state index contributed by atoms with van der Waals surface area (Å²) in [5.74, 6) is 0. The molecule has 0 amide bonds. The lowest BCUT2D eigenvalue weighted by molar-refractivity contribution is -0.129. The van der Waals surface area contributed by atoms with E-state index in [2.05, 4.69) is 0 Å². The lowest BCUT2D eigenvalue weighted by Gasteiger charge is -2.32. The summed E-state index contributed by atoms with van der Waals surface area (Å²) in [6, 6.07) is 3.73. The average Bonchev–Trinajstić information content (AvgIpc) is 2.72. The second kappa shape index (κ2) is 6.66. The molecule has 0 aliphatic carbocycles. The van der Waals surface area contributed by atoms with Crippen LogP contribution in [0, 0.1) is 0 Å². The van der Waals surface area contributed by atoms with Gasteiger partial charge in [-0.15, -0.1) is 5.11 Å². The van der Waals surface area contributed by atoms with Gasteiger partial charge in [0.2, 0.25) is 0 Å². The number of halogens is 2. The van der Waals surface area contributed by atoms with E-state index in [0.29, 0.717) is 0 Å². The van der Waals surface area contributed by atoms with Gasteiger partial charge in [-0.1, -0.05) is 23.8 Å². The number of aliphatic hydroxyl groups excluding tert-OH is 1. The molecule has 1 fully saturated rings. The van der Waals surface area contributed by atoms with Gasteiger partial charge in [0.25, 0.3) is 6.43 Å². The van der Waals surface area contributed by atoms with Crippen LogP contribution in [0.3, 0.4) is 0 Å². The Bertz CT molecular complexity index is 663. The molecule has 0 aromatic heterocycles. The highest BCUT2D eigenvalue weighted by atomic mass is 19.3. The highest BCUT2D eigenvalue weighted by molar-refractivity contribution is 6.66. The molecule has 134 valence electrons. The summed E-state index contributed by atoms with van der Waals surface area (Å²) in [5, 5.41) is 17.7. The van der Waals surface area contributed by atoms with Crippen LogP contribution < -0.4 is 5.46 Å². The maximum atomic E-state index is 13.3. The average molecular weight is 358 g/mol. The van der Waals surface area contributed by atoms with Gasteiger partial charge in [0.05, 0.1) is 41.3 Å². The van der Waals surface area contributed by atoms with Gasteiger partial charge in [0.1, 0.15) is 0 Å². The first-order valence-electron chi connectivity index (χ1n) is 8.14. The van der Waals surface area contributed by atoms with Crippen LogP contribution in [0.5, 0.6) is 0 Å². The first kappa shape index (κ1) is 21.5. The molecule has 2 N–H and O–H groups in total. The Labute approximate surface area is 157 Å². The molecule has 1 aromatic carbocycles. The number of aliphatic hydroxyl groups is 2. The Morgan fingerprint density at radius 3 is 2.00 bits per heavy atom. The third kappa shape index (κ3) is 3.61. The first-order valence-corrected chi connectivity index (χ1v) is 8.14. The van der Waals surface area contributed by atoms with E-state index < -0.39 is 42.1 Å². The Morgan fingerprint density at radius 2 is 1.62 bits per heavy atom. The van der Waals surface area contributed by atoms with Crippen molar-refractivity contribution < 1.29 is 28.3 Å². The maximum Gasteiger partial charge on any atom is 0.495 e. The van der Waals surface area contributed by atoms with Crippen LogP contribution >= 0.6 is 0 Å². The largest absolute Gasteiger partial charge is 0.495 e. The van der Waals surface area contributed by atoms with E-state index in [1.807, 2.05) is 27.7 Å². The first-order chi connectivity index (χ1) is 11.7. The minimum absolute atomic E-state index is 0.203. The summed E-state index contributed by atoms with van der Waals surface area (Å²) >= 11 is 0. The van der Waals surface area contributed by atoms with Crippen LogP contribution in [0.25, 0.3) is 0 Å². The van der Waals surface area contributed by atoms with Crippen molar-refractivity contribution in [2.45, 2.75) is 56.0 Å². The topological polar surface area (TPSA) is 58.9 Å². The molecule has 4 nitrogen and oxygen atoms in total. The third-order valence-electron chi connectivity index (χ3n) is 5.13. The van der Waals surface area contributed by atoms with Crippen molar-refractivity contribution in [3.05, 3.63) is 29.3 Å². The molecule has 1 aliphatic heterocycles. The number of hydrogen-bond donors (Lipinski definition) is 2. The second-order valence-electron chi connectivity index (χ2n) is 7.71. The molecule has 6 radical (unpaired) electrons. The Morgan fingerprint density at radius 1 is 1.12 bits per heavy atom. The van der Waals surface area contributed by atoms with E-state index in [4.69, 9.17) is 32.8 Å². The molecule has 26 heavy (non-hydrogen) atoms. The van der Waals surface area contributed by atoms with Crippen LogP contribution in [-0.2, 0) is 20.0 Å². The minimum atomic E-state index is -3.22. The summed E-state index contributed by atoms with van der Waals surface area (Å²) in [7, 11) is 16.4. The monoisotopic (exact) mass is 358 g/mol. The molecule has 1 aliphatic rings. The van der Waals surface area contributed by atoms with E-state index in [-0.39, 0.29) is 16.6 Å². The normalized spacial score (nSPS) is 21.8. The lowest BCUT2D eigenvalue weighted by atomic mass is 9.38. The van der Waals surface area contributed by atoms with E-state index in [0.717, 1.165) is 0 Å². The van der Waals surface area contributed by atoms with Gasteiger partial charge >= 0.3 is 7.12 Å². The van der Waals surface area contributed by atoms with Crippen LogP contribution in [0.15, 0.2) is 18.2 Å². The van der Waals surface area contributed by atoms with E-state index >= 15 is 0 Å². The molecule has 1 aromatic rings. The van der Waals surface area contributed by atoms with Gasteiger partial charge in [0.15, 0.2) is 5.60 Å². The predicted molar refractivity (Wildman–Crippen MR) is 98.1 cm³/mol. The van der Waals surface area contributed by atoms with Gasteiger partial charge in [-0.25, -0.2) is 8.78 Å². The van der Waals surface area contributed by atoms with Crippen molar-refractivity contribution in [3.63, 3.8) is 0 Å². The zero-order valence-electron chi connectivity index (χ0n) is 15.3. The molecule has 0 spiro atoms. The molecule has 10 heteroatoms. The summed E-state index contributed by atoms with van der Waals surface area (Å²) < 4.78 is 38.5. The highest BCUT2D eigenvalue weighted by Crippen LogP contribution is 2.37. The van der Waals surface area contributed by atoms with E-state index in [1.165, 1.54) is 18.2 Å². The molecule has 1 saturated heterocycles. The van der Waals surface area contributed by atoms with Crippen LogP contribution in [0.2, 0.25) is 0 Å². The Balaban J connectivity index is 2.61. The Hall–Kier alpha value is -0.820. The zero-order valence-corrected chi connectivity index (χ0v) is 15.3. The summed E-state index contributed by atoms with van der Waals surface area (Å²) in [5.41, 5.74) is -3.98. The van der Waals surface area contributed by atoms with Gasteiger partial charge in [-0.05, 0) is 38.7 Å². The molecule has 1 unspecified atom stereocenters. The van der Waals surface area contributed by atoms with Crippen molar-refractivity contribution in [2.24, 2.45) is 0 Å². The quantitative estimate of drug-likeness (QED) is 0.731. The van der Waals surface area contributed by atoms with Crippen molar-refractivity contribution in [3.8, 4) is 0 Å². The molecular weight excluding hydrogens is 337 g/mol. The minimum Gasteiger partial charge on any atom is -0.399 e. The van der Waals surface area contributed by atoms with Gasteiger partial charge in [-0.3, -0.25) is 0 Å². The van der Waals surface area contributed by atoms with Crippen molar-refractivity contribution in [1.82, 2.24) is 0 Å². The summed E-state index contributed by atoms with van der Waals surface area (Å²) in [6.45, 7) is 6.10. The fraction of sp³-hybridized carbons (Fsp3) is 0.625. The second-order valence-corrected chi connectivity index (χ2v) is 7.71. The number of hydrogen-bond acceptors (Lipinski definition) is 4. The maximum absolute atomic E-state index is 13.3. The summed E-state index contributed by atoms with van der Waals surface area (Å²) in [4.78, 5) is 0. The molecule has 1 atom stereocenters. The van der Waals surface area contributed by atoms with Crippen LogP contribution in [0.1, 0.15) is 38.8 Å². The van der Waals surface area contributed by atoms with Gasteiger partial charge < -0.3 is 19.5 Å². The van der Waals surface area contributed by atoms with Crippen molar-refractivity contribution >= 4 is 36.1 Å². The molecule has 0 saturated carbocycles. The van der Waals surface area contributed by atoms with Gasteiger partial charge in [0, 0.05) is 0 Å². The van der Waals surface area contributed by atoms with Gasteiger partial charge in [-0.2, -0.15) is 0 Å². The molecule has 0 bridgehead atoms. The predicted octanol–water partition coefficient (Wildman–Crippen LogP) is 0.0466. The smallest absolute Gasteiger partial charge is 0.399 e. The van der Waals surface area contributed by atoms with E-state index in [9.17, 15) is 19.0 Å². The molecular formula is C16H20B4F2O4. The van der Waals surface area contributed by atoms with Crippen molar-refractivity contribution in [1.29, 1.82) is 0 Å². The SMILES string of the molecule is [B]C([B])([B])c1ccc(C(O)(CO)C(F)F)cc1B1OC(C)(C)C(C)(C)O1. The number of rotatable bonds is 5. The van der Waals surface area contributed by atoms with Crippen LogP contribution in [-0.4, -0.2) is 65.1 Å². The van der Waals surface area contributed by atoms with Crippen molar-refractivity contribution in [2.75, 3.05) is 6.61 Å². The molecule has 2 rings (SSSR count). The number of benzene rings is 1. The van der Waals surface area contributed by atoms with E-state index in [1.54, 1.807) is 0 Å². The third-order valence-corrected chi connectivity index (χ3v) is 5.13. The summed E-state index contributed by atoms with van der Waals surface area (Å²) in [6.07, 6.45) is -3.22. The fourth-order valence-corrected chi connectivity index (χ4v) is 2.68. The standard InChI is InChI=1S/C16H20B4F2O4/c1-13(2)14(3,4)26-20(25-13)11-7-9(15(24,8-23)12(21)22)5-6-10(11)16(17,18)19/h5-7,12,23-24H,8H2,1-4H3. The number of alkyl halides is 2. The molecule has 1 heterocycles. The fourth-order valence-electron chi connectivity index (χ4n) is 2.68. The van der Waals surface area contributed by atoms with Crippen LogP contribution in [0.4, 0.5) is 8.78 Å². The zero-order chi connectivity index (χ0) is 20.1. The lowest BCUT2D eigenvalue weighted by Crippen LogP contribution is -2.45. The Kier molecular flexibility index (Phi) is 5.50.